The van der Waals surface area contributed by atoms with Crippen molar-refractivity contribution in [2.45, 2.75) is 142 Å². The minimum Gasteiger partial charge on any atom is -0.494 e. The molecule has 0 saturated heterocycles. The van der Waals surface area contributed by atoms with E-state index in [9.17, 15) is 0 Å². The fourth-order valence-corrected chi connectivity index (χ4v) is 5.21. The molecule has 2 aromatic carbocycles. The first kappa shape index (κ1) is 36.3. The van der Waals surface area contributed by atoms with Crippen molar-refractivity contribution in [3.63, 3.8) is 0 Å². The largest absolute Gasteiger partial charge is 0.494 e. The summed E-state index contributed by atoms with van der Waals surface area (Å²) in [4.78, 5) is 0. The Balaban J connectivity index is 1.65. The van der Waals surface area contributed by atoms with Crippen molar-refractivity contribution in [3.05, 3.63) is 59.7 Å². The lowest BCUT2D eigenvalue weighted by Gasteiger charge is -2.18. The normalized spacial score (nSPS) is 12.3. The van der Waals surface area contributed by atoms with Crippen LogP contribution in [0, 0.1) is 24.7 Å². The SMILES string of the molecule is C#CC(Cc1ccc(OCCCCCCCCCC)cc1)OC(C#C)Cc1ccc(OCCCCCCCCCC)cc1. The Labute approximate surface area is 264 Å². The molecule has 0 aromatic heterocycles. The van der Waals surface area contributed by atoms with Crippen LogP contribution < -0.4 is 9.47 Å². The summed E-state index contributed by atoms with van der Waals surface area (Å²) >= 11 is 0. The third-order valence-electron chi connectivity index (χ3n) is 7.92. The van der Waals surface area contributed by atoms with Crippen molar-refractivity contribution in [1.82, 2.24) is 0 Å². The summed E-state index contributed by atoms with van der Waals surface area (Å²) in [5.74, 6) is 7.35. The number of benzene rings is 2. The standard InChI is InChI=1S/C40H58O3/c1-5-9-11-13-15-17-19-21-31-41-39-27-23-35(24-28-39)33-37(7-3)43-38(8-4)34-36-25-29-40(30-26-36)42-32-22-20-18-16-14-12-10-6-2/h3-4,23-30,37-38H,5-6,9-22,31-34H2,1-2H3. The molecule has 43 heavy (non-hydrogen) atoms. The van der Waals surface area contributed by atoms with Crippen LogP contribution in [0.3, 0.4) is 0 Å². The number of hydrogen-bond donors (Lipinski definition) is 0. The van der Waals surface area contributed by atoms with Gasteiger partial charge in [-0.15, -0.1) is 12.8 Å². The summed E-state index contributed by atoms with van der Waals surface area (Å²) in [5, 5.41) is 0. The maximum Gasteiger partial charge on any atom is 0.123 e. The van der Waals surface area contributed by atoms with E-state index in [4.69, 9.17) is 27.1 Å². The summed E-state index contributed by atoms with van der Waals surface area (Å²) in [6, 6.07) is 16.3. The molecule has 2 atom stereocenters. The minimum absolute atomic E-state index is 0.389. The molecule has 0 aliphatic rings. The monoisotopic (exact) mass is 586 g/mol. The summed E-state index contributed by atoms with van der Waals surface area (Å²) < 4.78 is 18.0. The third kappa shape index (κ3) is 17.7. The van der Waals surface area contributed by atoms with E-state index in [0.717, 1.165) is 48.7 Å². The molecule has 0 fully saturated rings. The predicted octanol–water partition coefficient (Wildman–Crippen LogP) is 10.5. The van der Waals surface area contributed by atoms with Crippen molar-refractivity contribution in [3.8, 4) is 36.2 Å². The van der Waals surface area contributed by atoms with Gasteiger partial charge in [0.05, 0.1) is 13.2 Å². The highest BCUT2D eigenvalue weighted by atomic mass is 16.5. The maximum atomic E-state index is 6.15. The topological polar surface area (TPSA) is 27.7 Å². The average molecular weight is 587 g/mol. The molecule has 0 spiro atoms. The van der Waals surface area contributed by atoms with E-state index in [0.29, 0.717) is 12.8 Å². The zero-order chi connectivity index (χ0) is 30.8. The van der Waals surface area contributed by atoms with Crippen LogP contribution in [0.2, 0.25) is 0 Å². The van der Waals surface area contributed by atoms with Crippen LogP contribution in [0.4, 0.5) is 0 Å². The first-order chi connectivity index (χ1) is 21.2. The second kappa shape index (κ2) is 24.6. The van der Waals surface area contributed by atoms with E-state index in [1.54, 1.807) is 0 Å². The zero-order valence-corrected chi connectivity index (χ0v) is 27.3. The molecule has 3 heteroatoms. The van der Waals surface area contributed by atoms with Crippen LogP contribution in [0.25, 0.3) is 0 Å². The first-order valence-electron chi connectivity index (χ1n) is 17.2. The van der Waals surface area contributed by atoms with Crippen molar-refractivity contribution >= 4 is 0 Å². The molecule has 3 nitrogen and oxygen atoms in total. The van der Waals surface area contributed by atoms with Crippen LogP contribution in [0.1, 0.15) is 128 Å². The van der Waals surface area contributed by atoms with E-state index in [2.05, 4.69) is 50.0 Å². The number of unbranched alkanes of at least 4 members (excludes halogenated alkanes) is 14. The molecular weight excluding hydrogens is 528 g/mol. The lowest BCUT2D eigenvalue weighted by atomic mass is 10.1. The molecule has 0 amide bonds. The van der Waals surface area contributed by atoms with Crippen LogP contribution in [-0.2, 0) is 17.6 Å². The number of terminal acetylenes is 2. The van der Waals surface area contributed by atoms with E-state index >= 15 is 0 Å². The van der Waals surface area contributed by atoms with Crippen LogP contribution in [0.5, 0.6) is 11.5 Å². The van der Waals surface area contributed by atoms with Gasteiger partial charge in [0.25, 0.3) is 0 Å². The Bertz CT molecular complexity index is 928. The van der Waals surface area contributed by atoms with Gasteiger partial charge in [-0.1, -0.05) is 140 Å². The van der Waals surface area contributed by atoms with E-state index in [1.165, 1.54) is 89.9 Å². The molecule has 2 rings (SSSR count). The molecule has 2 aromatic rings. The van der Waals surface area contributed by atoms with Crippen molar-refractivity contribution in [2.75, 3.05) is 13.2 Å². The predicted molar refractivity (Wildman–Crippen MR) is 183 cm³/mol. The number of hydrogen-bond acceptors (Lipinski definition) is 3. The quantitative estimate of drug-likeness (QED) is 0.0810. The lowest BCUT2D eigenvalue weighted by Crippen LogP contribution is -2.23. The van der Waals surface area contributed by atoms with E-state index in [1.807, 2.05) is 24.3 Å². The van der Waals surface area contributed by atoms with Crippen LogP contribution >= 0.6 is 0 Å². The van der Waals surface area contributed by atoms with Crippen LogP contribution in [-0.4, -0.2) is 25.4 Å². The fraction of sp³-hybridized carbons (Fsp3) is 0.600. The molecule has 0 aliphatic heterocycles. The molecule has 0 aliphatic carbocycles. The Morgan fingerprint density at radius 2 is 0.814 bits per heavy atom. The van der Waals surface area contributed by atoms with E-state index < -0.39 is 0 Å². The summed E-state index contributed by atoms with van der Waals surface area (Å²) in [6.07, 6.45) is 32.9. The molecule has 0 bridgehead atoms. The van der Waals surface area contributed by atoms with Crippen molar-refractivity contribution in [1.29, 1.82) is 0 Å². The van der Waals surface area contributed by atoms with Gasteiger partial charge in [-0.05, 0) is 48.2 Å². The molecule has 0 saturated carbocycles. The summed E-state index contributed by atoms with van der Waals surface area (Å²) in [5.41, 5.74) is 2.22. The highest BCUT2D eigenvalue weighted by molar-refractivity contribution is 5.30. The van der Waals surface area contributed by atoms with E-state index in [-0.39, 0.29) is 12.2 Å². The van der Waals surface area contributed by atoms with Crippen LogP contribution in [0.15, 0.2) is 48.5 Å². The molecular formula is C40H58O3. The Morgan fingerprint density at radius 3 is 1.14 bits per heavy atom. The molecule has 0 radical (unpaired) electrons. The second-order valence-corrected chi connectivity index (χ2v) is 11.8. The molecule has 236 valence electrons. The van der Waals surface area contributed by atoms with Gasteiger partial charge < -0.3 is 14.2 Å². The van der Waals surface area contributed by atoms with Gasteiger partial charge in [0.15, 0.2) is 0 Å². The minimum atomic E-state index is -0.389. The Hall–Kier alpha value is -2.88. The zero-order valence-electron chi connectivity index (χ0n) is 27.3. The molecule has 0 N–H and O–H groups in total. The average Bonchev–Trinajstić information content (AvgIpc) is 3.04. The van der Waals surface area contributed by atoms with Crippen molar-refractivity contribution in [2.24, 2.45) is 0 Å². The molecule has 2 unspecified atom stereocenters. The number of ether oxygens (including phenoxy) is 3. The van der Waals surface area contributed by atoms with Gasteiger partial charge in [-0.2, -0.15) is 0 Å². The number of rotatable bonds is 26. The van der Waals surface area contributed by atoms with Gasteiger partial charge >= 0.3 is 0 Å². The fourth-order valence-electron chi connectivity index (χ4n) is 5.21. The lowest BCUT2D eigenvalue weighted by molar-refractivity contribution is 0.0533. The highest BCUT2D eigenvalue weighted by Crippen LogP contribution is 2.19. The van der Waals surface area contributed by atoms with Gasteiger partial charge in [-0.25, -0.2) is 0 Å². The smallest absolute Gasteiger partial charge is 0.123 e. The van der Waals surface area contributed by atoms with Gasteiger partial charge in [0, 0.05) is 12.8 Å². The Morgan fingerprint density at radius 1 is 0.488 bits per heavy atom. The van der Waals surface area contributed by atoms with Gasteiger partial charge in [0.2, 0.25) is 0 Å². The van der Waals surface area contributed by atoms with Crippen molar-refractivity contribution < 1.29 is 14.2 Å². The Kier molecular flexibility index (Phi) is 20.7. The van der Waals surface area contributed by atoms with Gasteiger partial charge in [0.1, 0.15) is 23.7 Å². The summed E-state index contributed by atoms with van der Waals surface area (Å²) in [7, 11) is 0. The summed E-state index contributed by atoms with van der Waals surface area (Å²) in [6.45, 7) is 6.05. The highest BCUT2D eigenvalue weighted by Gasteiger charge is 2.15. The molecule has 0 heterocycles. The van der Waals surface area contributed by atoms with Gasteiger partial charge in [-0.3, -0.25) is 0 Å². The first-order valence-corrected chi connectivity index (χ1v) is 17.2. The maximum absolute atomic E-state index is 6.15. The third-order valence-corrected chi connectivity index (χ3v) is 7.92. The second-order valence-electron chi connectivity index (χ2n) is 11.8.